The van der Waals surface area contributed by atoms with Crippen LogP contribution in [0.4, 0.5) is 0 Å². The lowest BCUT2D eigenvalue weighted by Crippen LogP contribution is -2.49. The number of likely N-dealkylation sites (N-methyl/N-ethyl adjacent to an activating group) is 1. The molecule has 0 unspecified atom stereocenters. The Hall–Kier alpha value is -2.18. The molecule has 152 valence electrons. The largest absolute Gasteiger partial charge is 0.355 e. The van der Waals surface area contributed by atoms with Gasteiger partial charge in [-0.05, 0) is 18.6 Å². The molecule has 0 spiro atoms. The van der Waals surface area contributed by atoms with Crippen molar-refractivity contribution in [3.8, 4) is 11.3 Å². The van der Waals surface area contributed by atoms with Crippen LogP contribution in [0.3, 0.4) is 0 Å². The maximum Gasteiger partial charge on any atom is 0.234 e. The molecular formula is C22H33N5O. The number of hydrogen-bond acceptors (Lipinski definition) is 4. The summed E-state index contributed by atoms with van der Waals surface area (Å²) in [6.07, 6.45) is 0. The molecule has 1 fully saturated rings. The minimum absolute atomic E-state index is 0.0740. The Kier molecular flexibility index (Phi) is 6.52. The summed E-state index contributed by atoms with van der Waals surface area (Å²) < 4.78 is 0. The van der Waals surface area contributed by atoms with E-state index in [2.05, 4.69) is 76.4 Å². The first-order valence-corrected chi connectivity index (χ1v) is 10.2. The standard InChI is InChI=1S/C22H33N5O/c1-5-23-21(28)16-27-12-10-26(11-13-27)15-17-6-8-18(9-7-17)19-14-20(25-24-19)22(2,3)4/h6-9,14H,5,10-13,15-16H2,1-4H3,(H,23,28)(H,24,25). The molecule has 0 radical (unpaired) electrons. The lowest BCUT2D eigenvalue weighted by molar-refractivity contribution is -0.122. The number of nitrogens with zero attached hydrogens (tertiary/aromatic N) is 3. The molecule has 1 aliphatic heterocycles. The fourth-order valence-electron chi connectivity index (χ4n) is 3.45. The number of amides is 1. The zero-order chi connectivity index (χ0) is 20.1. The second-order valence-corrected chi connectivity index (χ2v) is 8.62. The highest BCUT2D eigenvalue weighted by Crippen LogP contribution is 2.25. The van der Waals surface area contributed by atoms with Crippen molar-refractivity contribution in [2.24, 2.45) is 0 Å². The molecule has 2 aromatic rings. The molecule has 1 aliphatic rings. The molecule has 0 aliphatic carbocycles. The molecule has 28 heavy (non-hydrogen) atoms. The zero-order valence-corrected chi connectivity index (χ0v) is 17.6. The normalized spacial score (nSPS) is 16.3. The molecule has 6 heteroatoms. The van der Waals surface area contributed by atoms with E-state index in [0.29, 0.717) is 13.1 Å². The lowest BCUT2D eigenvalue weighted by atomic mass is 9.92. The average molecular weight is 384 g/mol. The second kappa shape index (κ2) is 8.88. The number of benzene rings is 1. The van der Waals surface area contributed by atoms with Gasteiger partial charge in [0.15, 0.2) is 0 Å². The van der Waals surface area contributed by atoms with Gasteiger partial charge in [-0.1, -0.05) is 45.0 Å². The van der Waals surface area contributed by atoms with Crippen molar-refractivity contribution >= 4 is 5.91 Å². The number of aromatic amines is 1. The fourth-order valence-corrected chi connectivity index (χ4v) is 3.45. The van der Waals surface area contributed by atoms with E-state index in [0.717, 1.165) is 49.7 Å². The van der Waals surface area contributed by atoms with Crippen LogP contribution >= 0.6 is 0 Å². The zero-order valence-electron chi connectivity index (χ0n) is 17.6. The van der Waals surface area contributed by atoms with E-state index >= 15 is 0 Å². The van der Waals surface area contributed by atoms with Gasteiger partial charge in [-0.3, -0.25) is 19.7 Å². The Bertz CT molecular complexity index is 767. The van der Waals surface area contributed by atoms with E-state index in [-0.39, 0.29) is 11.3 Å². The minimum Gasteiger partial charge on any atom is -0.355 e. The molecule has 0 atom stereocenters. The van der Waals surface area contributed by atoms with E-state index in [1.54, 1.807) is 0 Å². The molecule has 2 heterocycles. The Morgan fingerprint density at radius 2 is 1.75 bits per heavy atom. The van der Waals surface area contributed by atoms with E-state index in [1.165, 1.54) is 5.56 Å². The smallest absolute Gasteiger partial charge is 0.234 e. The maximum atomic E-state index is 11.7. The third-order valence-corrected chi connectivity index (χ3v) is 5.25. The van der Waals surface area contributed by atoms with Gasteiger partial charge in [0.2, 0.25) is 5.91 Å². The van der Waals surface area contributed by atoms with Crippen LogP contribution in [0.5, 0.6) is 0 Å². The quantitative estimate of drug-likeness (QED) is 0.805. The first kappa shape index (κ1) is 20.6. The average Bonchev–Trinajstić information content (AvgIpc) is 3.15. The predicted molar refractivity (Wildman–Crippen MR) is 113 cm³/mol. The van der Waals surface area contributed by atoms with Gasteiger partial charge in [0.25, 0.3) is 0 Å². The van der Waals surface area contributed by atoms with Crippen LogP contribution in [0, 0.1) is 0 Å². The van der Waals surface area contributed by atoms with Gasteiger partial charge in [-0.25, -0.2) is 0 Å². The highest BCUT2D eigenvalue weighted by atomic mass is 16.2. The van der Waals surface area contributed by atoms with Gasteiger partial charge in [0.05, 0.1) is 12.2 Å². The summed E-state index contributed by atoms with van der Waals surface area (Å²) >= 11 is 0. The summed E-state index contributed by atoms with van der Waals surface area (Å²) in [5.41, 5.74) is 4.67. The van der Waals surface area contributed by atoms with Crippen molar-refractivity contribution < 1.29 is 4.79 Å². The number of rotatable bonds is 6. The minimum atomic E-state index is 0.0740. The van der Waals surface area contributed by atoms with Crippen molar-refractivity contribution in [1.82, 2.24) is 25.3 Å². The van der Waals surface area contributed by atoms with Crippen molar-refractivity contribution in [2.75, 3.05) is 39.3 Å². The van der Waals surface area contributed by atoms with Crippen LogP contribution in [0.2, 0.25) is 0 Å². The number of H-pyrrole nitrogens is 1. The van der Waals surface area contributed by atoms with Crippen LogP contribution in [0.15, 0.2) is 30.3 Å². The molecule has 1 saturated heterocycles. The summed E-state index contributed by atoms with van der Waals surface area (Å²) in [4.78, 5) is 16.4. The van der Waals surface area contributed by atoms with Crippen LogP contribution in [-0.2, 0) is 16.8 Å². The van der Waals surface area contributed by atoms with Crippen molar-refractivity contribution in [3.63, 3.8) is 0 Å². The second-order valence-electron chi connectivity index (χ2n) is 8.62. The Balaban J connectivity index is 1.51. The number of carbonyl (C=O) groups excluding carboxylic acids is 1. The van der Waals surface area contributed by atoms with E-state index in [4.69, 9.17) is 0 Å². The molecule has 1 amide bonds. The van der Waals surface area contributed by atoms with Crippen molar-refractivity contribution in [2.45, 2.75) is 39.7 Å². The summed E-state index contributed by atoms with van der Waals surface area (Å²) in [5, 5.41) is 10.5. The number of hydrogen-bond donors (Lipinski definition) is 2. The van der Waals surface area contributed by atoms with Crippen molar-refractivity contribution in [1.29, 1.82) is 0 Å². The van der Waals surface area contributed by atoms with Gasteiger partial charge < -0.3 is 5.32 Å². The van der Waals surface area contributed by atoms with Gasteiger partial charge in [-0.15, -0.1) is 0 Å². The van der Waals surface area contributed by atoms with E-state index < -0.39 is 0 Å². The molecule has 6 nitrogen and oxygen atoms in total. The van der Waals surface area contributed by atoms with E-state index in [9.17, 15) is 4.79 Å². The van der Waals surface area contributed by atoms with Gasteiger partial charge >= 0.3 is 0 Å². The van der Waals surface area contributed by atoms with Crippen LogP contribution in [-0.4, -0.2) is 65.2 Å². The van der Waals surface area contributed by atoms with Crippen LogP contribution < -0.4 is 5.32 Å². The first-order valence-electron chi connectivity index (χ1n) is 10.2. The van der Waals surface area contributed by atoms with Gasteiger partial charge in [-0.2, -0.15) is 5.10 Å². The predicted octanol–water partition coefficient (Wildman–Crippen LogP) is 2.63. The summed E-state index contributed by atoms with van der Waals surface area (Å²) in [5.74, 6) is 0.125. The summed E-state index contributed by atoms with van der Waals surface area (Å²) in [6.45, 7) is 14.5. The lowest BCUT2D eigenvalue weighted by Gasteiger charge is -2.34. The van der Waals surface area contributed by atoms with Crippen LogP contribution in [0.25, 0.3) is 11.3 Å². The molecule has 1 aromatic heterocycles. The first-order chi connectivity index (χ1) is 13.3. The summed E-state index contributed by atoms with van der Waals surface area (Å²) in [7, 11) is 0. The molecule has 2 N–H and O–H groups in total. The van der Waals surface area contributed by atoms with Gasteiger partial charge in [0.1, 0.15) is 0 Å². The maximum absolute atomic E-state index is 11.7. The van der Waals surface area contributed by atoms with E-state index in [1.807, 2.05) is 6.92 Å². The number of piperazine rings is 1. The molecular weight excluding hydrogens is 350 g/mol. The monoisotopic (exact) mass is 383 g/mol. The Labute approximate surface area is 168 Å². The molecule has 0 bridgehead atoms. The Morgan fingerprint density at radius 1 is 1.11 bits per heavy atom. The number of carbonyl (C=O) groups is 1. The summed E-state index contributed by atoms with van der Waals surface area (Å²) in [6, 6.07) is 10.8. The number of nitrogens with one attached hydrogen (secondary N) is 2. The Morgan fingerprint density at radius 3 is 2.32 bits per heavy atom. The highest BCUT2D eigenvalue weighted by molar-refractivity contribution is 5.77. The van der Waals surface area contributed by atoms with Gasteiger partial charge in [0, 0.05) is 55.9 Å². The topological polar surface area (TPSA) is 64.3 Å². The molecule has 3 rings (SSSR count). The molecule has 1 aromatic carbocycles. The number of aromatic nitrogens is 2. The molecule has 0 saturated carbocycles. The van der Waals surface area contributed by atoms with Crippen molar-refractivity contribution in [3.05, 3.63) is 41.6 Å². The van der Waals surface area contributed by atoms with Crippen LogP contribution in [0.1, 0.15) is 39.0 Å². The fraction of sp³-hybridized carbons (Fsp3) is 0.545. The highest BCUT2D eigenvalue weighted by Gasteiger charge is 2.19. The third kappa shape index (κ3) is 5.42. The SMILES string of the molecule is CCNC(=O)CN1CCN(Cc2ccc(-c3cc(C(C)(C)C)[nH]n3)cc2)CC1. The third-order valence-electron chi connectivity index (χ3n) is 5.25.